The topological polar surface area (TPSA) is 44.4 Å². The van der Waals surface area contributed by atoms with Crippen LogP contribution in [0, 0.1) is 5.41 Å². The van der Waals surface area contributed by atoms with Gasteiger partial charge in [-0.15, -0.1) is 24.8 Å². The van der Waals surface area contributed by atoms with Crippen LogP contribution in [0.3, 0.4) is 0 Å². The molecule has 0 radical (unpaired) electrons. The van der Waals surface area contributed by atoms with Gasteiger partial charge in [-0.05, 0) is 38.9 Å². The summed E-state index contributed by atoms with van der Waals surface area (Å²) in [7, 11) is 4.12. The van der Waals surface area contributed by atoms with Crippen LogP contribution >= 0.6 is 24.8 Å². The van der Waals surface area contributed by atoms with E-state index in [4.69, 9.17) is 0 Å². The molecule has 1 aliphatic heterocycles. The van der Waals surface area contributed by atoms with Crippen LogP contribution in [0.5, 0.6) is 0 Å². The highest BCUT2D eigenvalue weighted by molar-refractivity contribution is 5.85. The molecule has 1 rings (SSSR count). The summed E-state index contributed by atoms with van der Waals surface area (Å²) in [5.74, 6) is 0.163. The number of amides is 1. The van der Waals surface area contributed by atoms with Crippen molar-refractivity contribution in [1.29, 1.82) is 0 Å². The summed E-state index contributed by atoms with van der Waals surface area (Å²) in [6.07, 6.45) is 3.32. The minimum atomic E-state index is 0. The third-order valence-electron chi connectivity index (χ3n) is 3.11. The van der Waals surface area contributed by atoms with Gasteiger partial charge in [0.25, 0.3) is 0 Å². The summed E-state index contributed by atoms with van der Waals surface area (Å²) in [6, 6.07) is 0.0268. The number of piperidine rings is 1. The molecule has 19 heavy (non-hydrogen) atoms. The van der Waals surface area contributed by atoms with Crippen molar-refractivity contribution in [3.8, 4) is 0 Å². The average molecular weight is 314 g/mol. The Hall–Kier alpha value is -0.0300. The standard InChI is InChI=1S/C13H27N3O.2ClH/c1-13(2,10-16(3)4)9-15-12(17)11-7-5-6-8-14-11;;/h11,14H,5-10H2,1-4H3,(H,15,17);2*1H/t11-;;/m0../s1. The first kappa shape index (κ1) is 21.3. The zero-order valence-corrected chi connectivity index (χ0v) is 14.1. The van der Waals surface area contributed by atoms with Gasteiger partial charge in [0, 0.05) is 13.1 Å². The van der Waals surface area contributed by atoms with Crippen molar-refractivity contribution in [3.05, 3.63) is 0 Å². The minimum absolute atomic E-state index is 0. The van der Waals surface area contributed by atoms with Crippen LogP contribution in [0.25, 0.3) is 0 Å². The molecular weight excluding hydrogens is 285 g/mol. The van der Waals surface area contributed by atoms with Crippen LogP contribution in [-0.2, 0) is 4.79 Å². The Balaban J connectivity index is 0. The summed E-state index contributed by atoms with van der Waals surface area (Å²) < 4.78 is 0. The van der Waals surface area contributed by atoms with E-state index in [0.717, 1.165) is 32.5 Å². The van der Waals surface area contributed by atoms with Gasteiger partial charge in [-0.1, -0.05) is 20.3 Å². The maximum absolute atomic E-state index is 11.9. The van der Waals surface area contributed by atoms with Gasteiger partial charge in [0.2, 0.25) is 5.91 Å². The highest BCUT2D eigenvalue weighted by atomic mass is 35.5. The predicted molar refractivity (Wildman–Crippen MR) is 85.5 cm³/mol. The second-order valence-electron chi connectivity index (χ2n) is 6.12. The Morgan fingerprint density at radius 2 is 1.95 bits per heavy atom. The third kappa shape index (κ3) is 8.69. The first-order valence-electron chi connectivity index (χ1n) is 6.56. The Morgan fingerprint density at radius 3 is 2.42 bits per heavy atom. The van der Waals surface area contributed by atoms with E-state index in [-0.39, 0.29) is 42.2 Å². The number of halogens is 2. The Morgan fingerprint density at radius 1 is 1.32 bits per heavy atom. The normalized spacial score (nSPS) is 19.3. The highest BCUT2D eigenvalue weighted by Gasteiger charge is 2.24. The summed E-state index contributed by atoms with van der Waals surface area (Å²) in [5, 5.41) is 6.34. The molecule has 1 amide bonds. The van der Waals surface area contributed by atoms with Gasteiger partial charge in [-0.2, -0.15) is 0 Å². The second-order valence-corrected chi connectivity index (χ2v) is 6.12. The zero-order valence-electron chi connectivity index (χ0n) is 12.5. The van der Waals surface area contributed by atoms with E-state index in [0.29, 0.717) is 0 Å². The summed E-state index contributed by atoms with van der Waals surface area (Å²) in [4.78, 5) is 14.1. The fourth-order valence-electron chi connectivity index (χ4n) is 2.44. The van der Waals surface area contributed by atoms with Crippen LogP contribution in [0.2, 0.25) is 0 Å². The molecule has 0 bridgehead atoms. The van der Waals surface area contributed by atoms with Gasteiger partial charge in [0.1, 0.15) is 0 Å². The Bertz CT molecular complexity index is 254. The quantitative estimate of drug-likeness (QED) is 0.811. The number of nitrogens with zero attached hydrogens (tertiary/aromatic N) is 1. The number of carbonyl (C=O) groups excluding carboxylic acids is 1. The van der Waals surface area contributed by atoms with Gasteiger partial charge in [-0.25, -0.2) is 0 Å². The lowest BCUT2D eigenvalue weighted by Crippen LogP contribution is -2.49. The van der Waals surface area contributed by atoms with E-state index >= 15 is 0 Å². The van der Waals surface area contributed by atoms with E-state index in [1.165, 1.54) is 6.42 Å². The maximum atomic E-state index is 11.9. The van der Waals surface area contributed by atoms with E-state index in [2.05, 4.69) is 43.5 Å². The van der Waals surface area contributed by atoms with Crippen molar-refractivity contribution >= 4 is 30.7 Å². The van der Waals surface area contributed by atoms with Gasteiger partial charge < -0.3 is 15.5 Å². The van der Waals surface area contributed by atoms with Crippen LogP contribution in [0.4, 0.5) is 0 Å². The molecule has 6 heteroatoms. The van der Waals surface area contributed by atoms with Crippen LogP contribution in [-0.4, -0.2) is 50.6 Å². The Kier molecular flexibility index (Phi) is 11.0. The van der Waals surface area contributed by atoms with Crippen LogP contribution < -0.4 is 10.6 Å². The molecule has 0 aromatic rings. The summed E-state index contributed by atoms with van der Waals surface area (Å²) in [6.45, 7) is 7.05. The first-order chi connectivity index (χ1) is 7.91. The van der Waals surface area contributed by atoms with Gasteiger partial charge in [0.15, 0.2) is 0 Å². The second kappa shape index (κ2) is 9.81. The lowest BCUT2D eigenvalue weighted by atomic mass is 9.92. The van der Waals surface area contributed by atoms with Crippen LogP contribution in [0.15, 0.2) is 0 Å². The maximum Gasteiger partial charge on any atom is 0.237 e. The largest absolute Gasteiger partial charge is 0.354 e. The molecule has 116 valence electrons. The van der Waals surface area contributed by atoms with Crippen molar-refractivity contribution in [2.45, 2.75) is 39.2 Å². The predicted octanol–water partition coefficient (Wildman–Crippen LogP) is 1.68. The molecule has 0 spiro atoms. The fraction of sp³-hybridized carbons (Fsp3) is 0.923. The molecule has 1 fully saturated rings. The van der Waals surface area contributed by atoms with E-state index in [1.54, 1.807) is 0 Å². The number of nitrogens with one attached hydrogen (secondary N) is 2. The molecule has 0 aromatic heterocycles. The van der Waals surface area contributed by atoms with Gasteiger partial charge in [-0.3, -0.25) is 4.79 Å². The molecule has 0 saturated carbocycles. The molecule has 0 aromatic carbocycles. The SMILES string of the molecule is CN(C)CC(C)(C)CNC(=O)[C@@H]1CCCCN1.Cl.Cl. The molecule has 0 aliphatic carbocycles. The lowest BCUT2D eigenvalue weighted by Gasteiger charge is -2.30. The number of carbonyl (C=O) groups is 1. The number of hydrogen-bond donors (Lipinski definition) is 2. The van der Waals surface area contributed by atoms with Crippen molar-refractivity contribution in [3.63, 3.8) is 0 Å². The molecule has 1 heterocycles. The van der Waals surface area contributed by atoms with Crippen molar-refractivity contribution in [1.82, 2.24) is 15.5 Å². The van der Waals surface area contributed by atoms with Gasteiger partial charge >= 0.3 is 0 Å². The molecular formula is C13H29Cl2N3O. The summed E-state index contributed by atoms with van der Waals surface area (Å²) >= 11 is 0. The number of rotatable bonds is 5. The molecule has 1 aliphatic rings. The first-order valence-corrected chi connectivity index (χ1v) is 6.56. The van der Waals surface area contributed by atoms with Crippen molar-refractivity contribution < 1.29 is 4.79 Å². The monoisotopic (exact) mass is 313 g/mol. The average Bonchev–Trinajstić information content (AvgIpc) is 2.25. The molecule has 2 N–H and O–H groups in total. The van der Waals surface area contributed by atoms with E-state index in [9.17, 15) is 4.79 Å². The van der Waals surface area contributed by atoms with Crippen LogP contribution in [0.1, 0.15) is 33.1 Å². The molecule has 4 nitrogen and oxygen atoms in total. The molecule has 0 unspecified atom stereocenters. The highest BCUT2D eigenvalue weighted by Crippen LogP contribution is 2.14. The number of hydrogen-bond acceptors (Lipinski definition) is 3. The van der Waals surface area contributed by atoms with Crippen molar-refractivity contribution in [2.24, 2.45) is 5.41 Å². The zero-order chi connectivity index (χ0) is 12.9. The lowest BCUT2D eigenvalue weighted by molar-refractivity contribution is -0.124. The van der Waals surface area contributed by atoms with E-state index in [1.807, 2.05) is 0 Å². The third-order valence-corrected chi connectivity index (χ3v) is 3.11. The fourth-order valence-corrected chi connectivity index (χ4v) is 2.44. The van der Waals surface area contributed by atoms with Gasteiger partial charge in [0.05, 0.1) is 6.04 Å². The van der Waals surface area contributed by atoms with Crippen molar-refractivity contribution in [2.75, 3.05) is 33.7 Å². The smallest absolute Gasteiger partial charge is 0.237 e. The Labute approximate surface area is 129 Å². The molecule has 1 saturated heterocycles. The minimum Gasteiger partial charge on any atom is -0.354 e. The van der Waals surface area contributed by atoms with E-state index < -0.39 is 0 Å². The molecule has 1 atom stereocenters. The summed E-state index contributed by atoms with van der Waals surface area (Å²) in [5.41, 5.74) is 0.119.